The molecule has 4 heteroatoms. The van der Waals surface area contributed by atoms with Gasteiger partial charge in [0.15, 0.2) is 0 Å². The van der Waals surface area contributed by atoms with Crippen LogP contribution in [0.3, 0.4) is 0 Å². The van der Waals surface area contributed by atoms with Crippen molar-refractivity contribution in [3.63, 3.8) is 0 Å². The number of hydrogen-bond donors (Lipinski definition) is 0. The number of rotatable bonds is 2. The minimum Gasteiger partial charge on any atom is -0.326 e. The smallest absolute Gasteiger partial charge is 0.107 e. The summed E-state index contributed by atoms with van der Waals surface area (Å²) in [5.74, 6) is 0. The predicted molar refractivity (Wildman–Crippen MR) is 90.6 cm³/mol. The summed E-state index contributed by atoms with van der Waals surface area (Å²) in [6.45, 7) is 4.13. The maximum absolute atomic E-state index is 9.12. The van der Waals surface area contributed by atoms with Crippen molar-refractivity contribution in [2.24, 2.45) is 0 Å². The second-order valence-electron chi connectivity index (χ2n) is 5.52. The van der Waals surface area contributed by atoms with Crippen molar-refractivity contribution in [2.45, 2.75) is 20.0 Å². The first-order chi connectivity index (χ1) is 11.1. The van der Waals surface area contributed by atoms with Crippen molar-refractivity contribution >= 4 is 11.4 Å². The lowest BCUT2D eigenvalue weighted by atomic mass is 10.1. The first-order valence-electron chi connectivity index (χ1n) is 7.40. The maximum atomic E-state index is 9.12. The summed E-state index contributed by atoms with van der Waals surface area (Å²) in [5, 5.41) is 18.2. The Morgan fingerprint density at radius 1 is 0.913 bits per heavy atom. The molecular weight excluding hydrogens is 284 g/mol. The molecule has 3 rings (SSSR count). The summed E-state index contributed by atoms with van der Waals surface area (Å²) in [4.78, 5) is 4.24. The number of benzene rings is 2. The average Bonchev–Trinajstić information content (AvgIpc) is 2.97. The second kappa shape index (κ2) is 5.87. The highest BCUT2D eigenvalue weighted by Gasteiger charge is 2.25. The van der Waals surface area contributed by atoms with Gasteiger partial charge >= 0.3 is 0 Å². The van der Waals surface area contributed by atoms with Crippen LogP contribution in [0.5, 0.6) is 0 Å². The molecule has 112 valence electrons. The monoisotopic (exact) mass is 300 g/mol. The fourth-order valence-electron chi connectivity index (χ4n) is 2.80. The lowest BCUT2D eigenvalue weighted by Gasteiger charge is -2.31. The lowest BCUT2D eigenvalue weighted by molar-refractivity contribution is 0.748. The molecule has 1 unspecified atom stereocenters. The molecule has 2 aromatic carbocycles. The molecule has 2 aromatic rings. The minimum absolute atomic E-state index is 0.0663. The highest BCUT2D eigenvalue weighted by molar-refractivity contribution is 5.65. The van der Waals surface area contributed by atoms with E-state index in [1.54, 1.807) is 6.07 Å². The Labute approximate surface area is 136 Å². The Balaban J connectivity index is 1.94. The molecule has 0 saturated heterocycles. The Bertz CT molecular complexity index is 854. The van der Waals surface area contributed by atoms with E-state index in [1.807, 2.05) is 55.7 Å². The van der Waals surface area contributed by atoms with Crippen molar-refractivity contribution < 1.29 is 0 Å². The molecule has 0 N–H and O–H groups in total. The van der Waals surface area contributed by atoms with Crippen LogP contribution < -0.4 is 9.80 Å². The molecule has 0 radical (unpaired) electrons. The molecule has 1 aliphatic rings. The quantitative estimate of drug-likeness (QED) is 0.844. The molecule has 0 amide bonds. The van der Waals surface area contributed by atoms with Gasteiger partial charge in [-0.2, -0.15) is 10.5 Å². The lowest BCUT2D eigenvalue weighted by Crippen LogP contribution is -2.36. The van der Waals surface area contributed by atoms with Crippen LogP contribution in [0.1, 0.15) is 23.6 Å². The van der Waals surface area contributed by atoms with Gasteiger partial charge in [-0.15, -0.1) is 0 Å². The normalized spacial score (nSPS) is 16.3. The maximum Gasteiger partial charge on any atom is 0.107 e. The Hall–Kier alpha value is -3.24. The molecule has 1 heterocycles. The van der Waals surface area contributed by atoms with Crippen LogP contribution in [0.2, 0.25) is 0 Å². The van der Waals surface area contributed by atoms with Crippen LogP contribution in [-0.2, 0) is 0 Å². The summed E-state index contributed by atoms with van der Waals surface area (Å²) < 4.78 is 0. The van der Waals surface area contributed by atoms with Crippen molar-refractivity contribution in [1.29, 1.82) is 10.5 Å². The first-order valence-corrected chi connectivity index (χ1v) is 7.40. The summed E-state index contributed by atoms with van der Waals surface area (Å²) in [7, 11) is 0. The minimum atomic E-state index is 0.0663. The van der Waals surface area contributed by atoms with Gasteiger partial charge in [0.25, 0.3) is 0 Å². The van der Waals surface area contributed by atoms with E-state index >= 15 is 0 Å². The molecule has 0 fully saturated rings. The van der Waals surface area contributed by atoms with Crippen LogP contribution >= 0.6 is 0 Å². The Morgan fingerprint density at radius 3 is 2.35 bits per heavy atom. The van der Waals surface area contributed by atoms with E-state index < -0.39 is 0 Å². The number of nitrogens with zero attached hydrogens (tertiary/aromatic N) is 4. The number of nitriles is 2. The summed E-state index contributed by atoms with van der Waals surface area (Å²) in [6.07, 6.45) is 4.07. The zero-order chi connectivity index (χ0) is 16.4. The zero-order valence-corrected chi connectivity index (χ0v) is 13.1. The third-order valence-electron chi connectivity index (χ3n) is 4.08. The number of anilines is 2. The number of hydrogen-bond acceptors (Lipinski definition) is 4. The van der Waals surface area contributed by atoms with Gasteiger partial charge in [-0.1, -0.05) is 12.1 Å². The zero-order valence-electron chi connectivity index (χ0n) is 13.1. The number of aryl methyl sites for hydroxylation is 1. The molecular formula is C19H16N4. The fraction of sp³-hybridized carbons (Fsp3) is 0.158. The van der Waals surface area contributed by atoms with Gasteiger partial charge in [0, 0.05) is 23.8 Å². The SMILES string of the molecule is Cc1ccc(C#N)cc1N1C=CN(c2cccc(C#N)c2)C1C. The molecule has 23 heavy (non-hydrogen) atoms. The molecule has 0 saturated carbocycles. The third-order valence-corrected chi connectivity index (χ3v) is 4.08. The topological polar surface area (TPSA) is 54.1 Å². The Kier molecular flexibility index (Phi) is 3.75. The van der Waals surface area contributed by atoms with Crippen LogP contribution in [-0.4, -0.2) is 6.17 Å². The standard InChI is InChI=1S/C19H16N4/c1-14-6-7-17(13-21)11-19(14)23-9-8-22(15(23)2)18-5-3-4-16(10-18)12-20/h3-11,15H,1-2H3. The van der Waals surface area contributed by atoms with Crippen molar-refractivity contribution in [2.75, 3.05) is 9.80 Å². The van der Waals surface area contributed by atoms with Crippen LogP contribution in [0.15, 0.2) is 54.9 Å². The van der Waals surface area contributed by atoms with E-state index in [9.17, 15) is 0 Å². The summed E-state index contributed by atoms with van der Waals surface area (Å²) in [6, 6.07) is 17.6. The van der Waals surface area contributed by atoms with Crippen molar-refractivity contribution in [1.82, 2.24) is 0 Å². The molecule has 0 aromatic heterocycles. The fourth-order valence-corrected chi connectivity index (χ4v) is 2.80. The molecule has 1 atom stereocenters. The van der Waals surface area contributed by atoms with E-state index in [4.69, 9.17) is 10.5 Å². The second-order valence-corrected chi connectivity index (χ2v) is 5.52. The van der Waals surface area contributed by atoms with Crippen molar-refractivity contribution in [3.05, 3.63) is 71.6 Å². The average molecular weight is 300 g/mol. The first kappa shape index (κ1) is 14.7. The van der Waals surface area contributed by atoms with E-state index in [-0.39, 0.29) is 6.17 Å². The van der Waals surface area contributed by atoms with Crippen LogP contribution in [0, 0.1) is 29.6 Å². The molecule has 0 spiro atoms. The van der Waals surface area contributed by atoms with E-state index in [1.165, 1.54) is 0 Å². The molecule has 0 aliphatic carbocycles. The Morgan fingerprint density at radius 2 is 1.61 bits per heavy atom. The van der Waals surface area contributed by atoms with Gasteiger partial charge < -0.3 is 9.80 Å². The summed E-state index contributed by atoms with van der Waals surface area (Å²) >= 11 is 0. The highest BCUT2D eigenvalue weighted by Crippen LogP contribution is 2.31. The van der Waals surface area contributed by atoms with Gasteiger partial charge in [0.05, 0.1) is 23.3 Å². The van der Waals surface area contributed by atoms with Crippen molar-refractivity contribution in [3.8, 4) is 12.1 Å². The van der Waals surface area contributed by atoms with E-state index in [2.05, 4.69) is 28.9 Å². The van der Waals surface area contributed by atoms with Gasteiger partial charge in [-0.05, 0) is 49.7 Å². The van der Waals surface area contributed by atoms with Gasteiger partial charge in [-0.25, -0.2) is 0 Å². The highest BCUT2D eigenvalue weighted by atomic mass is 15.4. The summed E-state index contributed by atoms with van der Waals surface area (Å²) in [5.41, 5.74) is 4.41. The third kappa shape index (κ3) is 2.63. The van der Waals surface area contributed by atoms with Gasteiger partial charge in [-0.3, -0.25) is 0 Å². The van der Waals surface area contributed by atoms with Gasteiger partial charge in [0.1, 0.15) is 6.17 Å². The molecule has 1 aliphatic heterocycles. The predicted octanol–water partition coefficient (Wildman–Crippen LogP) is 3.88. The van der Waals surface area contributed by atoms with Crippen LogP contribution in [0.4, 0.5) is 11.4 Å². The van der Waals surface area contributed by atoms with Crippen LogP contribution in [0.25, 0.3) is 0 Å². The largest absolute Gasteiger partial charge is 0.326 e. The molecule has 4 nitrogen and oxygen atoms in total. The molecule has 0 bridgehead atoms. The van der Waals surface area contributed by atoms with E-state index in [0.717, 1.165) is 16.9 Å². The van der Waals surface area contributed by atoms with Gasteiger partial charge in [0.2, 0.25) is 0 Å². The van der Waals surface area contributed by atoms with E-state index in [0.29, 0.717) is 11.1 Å².